The summed E-state index contributed by atoms with van der Waals surface area (Å²) >= 11 is 6.04. The standard InChI is InChI=1S/C22H24ClFN4O4S/c1-22(2,3)32-17-10-18(24)20(25-11-17)19-6-13(12-28(19)4)21(29)26-15-7-14(23)8-16(9-15)27-33(5,30)31/h6-12,27H,1-5H3,(H,26,29). The molecular formula is C22H24ClFN4O4S. The van der Waals surface area contributed by atoms with E-state index in [0.717, 1.165) is 6.26 Å². The van der Waals surface area contributed by atoms with Gasteiger partial charge in [0.15, 0.2) is 5.82 Å². The van der Waals surface area contributed by atoms with Crippen LogP contribution in [0.3, 0.4) is 0 Å². The Kier molecular flexibility index (Phi) is 6.71. The van der Waals surface area contributed by atoms with E-state index in [1.54, 1.807) is 11.6 Å². The molecule has 3 rings (SSSR count). The molecule has 0 aliphatic carbocycles. The summed E-state index contributed by atoms with van der Waals surface area (Å²) < 4.78 is 47.2. The smallest absolute Gasteiger partial charge is 0.257 e. The van der Waals surface area contributed by atoms with Crippen molar-refractivity contribution in [3.63, 3.8) is 0 Å². The van der Waals surface area contributed by atoms with Crippen LogP contribution >= 0.6 is 11.6 Å². The van der Waals surface area contributed by atoms with E-state index in [9.17, 15) is 17.6 Å². The van der Waals surface area contributed by atoms with Crippen LogP contribution in [0.4, 0.5) is 15.8 Å². The van der Waals surface area contributed by atoms with Gasteiger partial charge in [-0.2, -0.15) is 0 Å². The van der Waals surface area contributed by atoms with E-state index in [2.05, 4.69) is 15.0 Å². The van der Waals surface area contributed by atoms with E-state index >= 15 is 0 Å². The van der Waals surface area contributed by atoms with E-state index in [1.165, 1.54) is 42.7 Å². The number of nitrogens with one attached hydrogen (secondary N) is 2. The zero-order valence-electron chi connectivity index (χ0n) is 18.7. The fourth-order valence-corrected chi connectivity index (χ4v) is 3.86. The number of aryl methyl sites for hydroxylation is 1. The van der Waals surface area contributed by atoms with Crippen LogP contribution in [0.25, 0.3) is 11.4 Å². The second-order valence-electron chi connectivity index (χ2n) is 8.50. The molecule has 0 aliphatic heterocycles. The van der Waals surface area contributed by atoms with Crippen LogP contribution in [-0.4, -0.2) is 35.7 Å². The lowest BCUT2D eigenvalue weighted by Crippen LogP contribution is -2.23. The maximum atomic E-state index is 14.7. The van der Waals surface area contributed by atoms with Gasteiger partial charge >= 0.3 is 0 Å². The molecule has 3 aromatic rings. The predicted molar refractivity (Wildman–Crippen MR) is 127 cm³/mol. The first-order chi connectivity index (χ1) is 15.2. The molecule has 1 amide bonds. The highest BCUT2D eigenvalue weighted by Crippen LogP contribution is 2.28. The number of rotatable bonds is 6. The quantitative estimate of drug-likeness (QED) is 0.518. The van der Waals surface area contributed by atoms with Crippen LogP contribution in [0.2, 0.25) is 5.02 Å². The van der Waals surface area contributed by atoms with Crippen LogP contribution in [0.15, 0.2) is 42.7 Å². The molecule has 0 aliphatic rings. The second-order valence-corrected chi connectivity index (χ2v) is 10.7. The van der Waals surface area contributed by atoms with Gasteiger partial charge in [-0.05, 0) is 45.0 Å². The maximum Gasteiger partial charge on any atom is 0.257 e. The number of benzene rings is 1. The number of halogens is 2. The first-order valence-corrected chi connectivity index (χ1v) is 12.1. The van der Waals surface area contributed by atoms with Crippen LogP contribution in [0, 0.1) is 5.82 Å². The Morgan fingerprint density at radius 2 is 1.82 bits per heavy atom. The van der Waals surface area contributed by atoms with Crippen molar-refractivity contribution in [3.8, 4) is 17.1 Å². The minimum Gasteiger partial charge on any atom is -0.486 e. The number of anilines is 2. The van der Waals surface area contributed by atoms with Crippen LogP contribution in [0.5, 0.6) is 5.75 Å². The lowest BCUT2D eigenvalue weighted by atomic mass is 10.2. The van der Waals surface area contributed by atoms with Gasteiger partial charge in [0.1, 0.15) is 17.0 Å². The average Bonchev–Trinajstić information content (AvgIpc) is 3.00. The Morgan fingerprint density at radius 1 is 1.15 bits per heavy atom. The Bertz CT molecular complexity index is 1320. The van der Waals surface area contributed by atoms with Crippen LogP contribution in [-0.2, 0) is 17.1 Å². The van der Waals surface area contributed by atoms with Gasteiger partial charge in [-0.25, -0.2) is 17.8 Å². The molecule has 0 radical (unpaired) electrons. The van der Waals surface area contributed by atoms with E-state index < -0.39 is 27.3 Å². The number of aromatic nitrogens is 2. The molecule has 11 heteroatoms. The number of ether oxygens (including phenoxy) is 1. The molecule has 0 unspecified atom stereocenters. The lowest BCUT2D eigenvalue weighted by Gasteiger charge is -2.21. The number of hydrogen-bond acceptors (Lipinski definition) is 5. The molecule has 0 fully saturated rings. The fourth-order valence-electron chi connectivity index (χ4n) is 3.08. The monoisotopic (exact) mass is 494 g/mol. The number of pyridine rings is 1. The molecule has 8 nitrogen and oxygen atoms in total. The number of carbonyl (C=O) groups is 1. The van der Waals surface area contributed by atoms with Gasteiger partial charge in [0.05, 0.1) is 29.4 Å². The van der Waals surface area contributed by atoms with E-state index in [4.69, 9.17) is 16.3 Å². The summed E-state index contributed by atoms with van der Waals surface area (Å²) in [6.45, 7) is 5.54. The van der Waals surface area contributed by atoms with Crippen molar-refractivity contribution in [1.82, 2.24) is 9.55 Å². The lowest BCUT2D eigenvalue weighted by molar-refractivity contribution is 0.102. The first-order valence-electron chi connectivity index (χ1n) is 9.81. The Balaban J connectivity index is 1.84. The topological polar surface area (TPSA) is 102 Å². The molecule has 2 aromatic heterocycles. The third kappa shape index (κ3) is 6.69. The minimum absolute atomic E-state index is 0.0696. The summed E-state index contributed by atoms with van der Waals surface area (Å²) in [4.78, 5) is 16.9. The van der Waals surface area contributed by atoms with Gasteiger partial charge in [0, 0.05) is 30.0 Å². The van der Waals surface area contributed by atoms with Gasteiger partial charge in [-0.15, -0.1) is 0 Å². The SMILES string of the molecule is Cn1cc(C(=O)Nc2cc(Cl)cc(NS(C)(=O)=O)c2)cc1-c1ncc(OC(C)(C)C)cc1F. The molecule has 33 heavy (non-hydrogen) atoms. The highest BCUT2D eigenvalue weighted by atomic mass is 35.5. The van der Waals surface area contributed by atoms with E-state index in [1.807, 2.05) is 20.8 Å². The van der Waals surface area contributed by atoms with Crippen LogP contribution < -0.4 is 14.8 Å². The summed E-state index contributed by atoms with van der Waals surface area (Å²) in [5, 5.41) is 2.89. The summed E-state index contributed by atoms with van der Waals surface area (Å²) in [7, 11) is -1.85. The van der Waals surface area contributed by atoms with Gasteiger partial charge in [0.25, 0.3) is 5.91 Å². The largest absolute Gasteiger partial charge is 0.486 e. The van der Waals surface area contributed by atoms with E-state index in [-0.39, 0.29) is 27.7 Å². The van der Waals surface area contributed by atoms with Crippen molar-refractivity contribution >= 4 is 38.9 Å². The van der Waals surface area contributed by atoms with E-state index in [0.29, 0.717) is 11.4 Å². The van der Waals surface area contributed by atoms with Crippen molar-refractivity contribution in [2.45, 2.75) is 26.4 Å². The number of carbonyl (C=O) groups excluding carboxylic acids is 1. The highest BCUT2D eigenvalue weighted by Gasteiger charge is 2.19. The molecule has 0 spiro atoms. The summed E-state index contributed by atoms with van der Waals surface area (Å²) in [6, 6.07) is 7.09. The normalized spacial score (nSPS) is 11.8. The molecule has 176 valence electrons. The molecular weight excluding hydrogens is 471 g/mol. The number of hydrogen-bond donors (Lipinski definition) is 2. The fraction of sp³-hybridized carbons (Fsp3) is 0.273. The molecule has 0 saturated carbocycles. The van der Waals surface area contributed by atoms with Crippen molar-refractivity contribution < 1.29 is 22.3 Å². The Morgan fingerprint density at radius 3 is 2.42 bits per heavy atom. The molecule has 0 saturated heterocycles. The molecule has 2 heterocycles. The van der Waals surface area contributed by atoms with Gasteiger partial charge in [-0.1, -0.05) is 11.6 Å². The molecule has 2 N–H and O–H groups in total. The van der Waals surface area contributed by atoms with Crippen LogP contribution in [0.1, 0.15) is 31.1 Å². The summed E-state index contributed by atoms with van der Waals surface area (Å²) in [6.07, 6.45) is 3.97. The predicted octanol–water partition coefficient (Wildman–Crippen LogP) is 4.68. The highest BCUT2D eigenvalue weighted by molar-refractivity contribution is 7.92. The Labute approximate surface area is 196 Å². The first kappa shape index (κ1) is 24.5. The summed E-state index contributed by atoms with van der Waals surface area (Å²) in [5.74, 6) is -0.774. The zero-order valence-corrected chi connectivity index (χ0v) is 20.3. The van der Waals surface area contributed by atoms with Gasteiger partial charge in [0.2, 0.25) is 10.0 Å². The Hall–Kier alpha value is -3.11. The second kappa shape index (κ2) is 9.03. The summed E-state index contributed by atoms with van der Waals surface area (Å²) in [5.41, 5.74) is 0.713. The van der Waals surface area contributed by atoms with Crippen molar-refractivity contribution in [2.24, 2.45) is 7.05 Å². The average molecular weight is 495 g/mol. The van der Waals surface area contributed by atoms with Crippen molar-refractivity contribution in [3.05, 3.63) is 59.1 Å². The third-order valence-corrected chi connectivity index (χ3v) is 5.03. The number of nitrogens with zero attached hydrogens (tertiary/aromatic N) is 2. The van der Waals surface area contributed by atoms with Crippen molar-refractivity contribution in [2.75, 3.05) is 16.3 Å². The number of sulfonamides is 1. The zero-order chi connectivity index (χ0) is 24.6. The van der Waals surface area contributed by atoms with Gasteiger partial charge < -0.3 is 14.6 Å². The number of amides is 1. The molecule has 1 aromatic carbocycles. The van der Waals surface area contributed by atoms with Gasteiger partial charge in [-0.3, -0.25) is 9.52 Å². The minimum atomic E-state index is -3.52. The maximum absolute atomic E-state index is 14.7. The molecule has 0 bridgehead atoms. The molecule has 0 atom stereocenters. The van der Waals surface area contributed by atoms with Crippen molar-refractivity contribution in [1.29, 1.82) is 0 Å². The third-order valence-electron chi connectivity index (χ3n) is 4.21.